The van der Waals surface area contributed by atoms with E-state index in [1.807, 2.05) is 18.2 Å². The maximum atomic E-state index is 6.60. The summed E-state index contributed by atoms with van der Waals surface area (Å²) in [7, 11) is 0. The minimum Gasteiger partial charge on any atom is -0.455 e. The number of nitrogens with zero attached hydrogens (tertiary/aromatic N) is 3. The van der Waals surface area contributed by atoms with Crippen LogP contribution in [0.1, 0.15) is 0 Å². The molecule has 0 N–H and O–H groups in total. The average Bonchev–Trinajstić information content (AvgIpc) is 3.60. The fraction of sp³-hybridized carbons (Fsp3) is 0. The molecule has 4 heteroatoms. The molecule has 51 heavy (non-hydrogen) atoms. The highest BCUT2D eigenvalue weighted by atomic mass is 16.3. The Morgan fingerprint density at radius 2 is 0.863 bits per heavy atom. The van der Waals surface area contributed by atoms with Crippen LogP contribution >= 0.6 is 0 Å². The quantitative estimate of drug-likeness (QED) is 0.186. The molecule has 0 atom stereocenters. The predicted octanol–water partition coefficient (Wildman–Crippen LogP) is 12.4. The fourth-order valence-electron chi connectivity index (χ4n) is 7.17. The van der Waals surface area contributed by atoms with E-state index in [9.17, 15) is 0 Å². The van der Waals surface area contributed by atoms with Gasteiger partial charge in [-0.1, -0.05) is 152 Å². The lowest BCUT2D eigenvalue weighted by Gasteiger charge is -2.11. The SMILES string of the molecule is c1ccc(-c2cccc3c2oc2cccc(-c4nc(-c5cccc(-c6ccc7ccccc7c6)c5)nc(-c5ccc6ccccc6c5)n4)c23)cc1. The first-order chi connectivity index (χ1) is 25.2. The van der Waals surface area contributed by atoms with Gasteiger partial charge >= 0.3 is 0 Å². The largest absolute Gasteiger partial charge is 0.455 e. The van der Waals surface area contributed by atoms with E-state index in [-0.39, 0.29) is 0 Å². The Balaban J connectivity index is 1.18. The van der Waals surface area contributed by atoms with Crippen molar-refractivity contribution in [3.8, 4) is 56.4 Å². The maximum absolute atomic E-state index is 6.60. The smallest absolute Gasteiger partial charge is 0.164 e. The zero-order valence-corrected chi connectivity index (χ0v) is 27.5. The topological polar surface area (TPSA) is 51.8 Å². The Hall–Kier alpha value is -6.91. The highest BCUT2D eigenvalue weighted by Crippen LogP contribution is 2.40. The number of hydrogen-bond acceptors (Lipinski definition) is 4. The number of rotatable bonds is 5. The van der Waals surface area contributed by atoms with Gasteiger partial charge in [0.25, 0.3) is 0 Å². The lowest BCUT2D eigenvalue weighted by molar-refractivity contribution is 0.670. The molecule has 0 saturated heterocycles. The summed E-state index contributed by atoms with van der Waals surface area (Å²) < 4.78 is 6.60. The summed E-state index contributed by atoms with van der Waals surface area (Å²) in [5.41, 5.74) is 8.78. The van der Waals surface area contributed by atoms with Crippen LogP contribution < -0.4 is 0 Å². The molecule has 0 saturated carbocycles. The van der Waals surface area contributed by atoms with Gasteiger partial charge in [-0.2, -0.15) is 0 Å². The van der Waals surface area contributed by atoms with E-state index in [0.29, 0.717) is 17.5 Å². The average molecular weight is 652 g/mol. The number of fused-ring (bicyclic) bond motifs is 5. The van der Waals surface area contributed by atoms with Gasteiger partial charge in [0.2, 0.25) is 0 Å². The van der Waals surface area contributed by atoms with Crippen molar-refractivity contribution in [3.05, 3.63) is 176 Å². The number of aromatic nitrogens is 3. The second-order valence-corrected chi connectivity index (χ2v) is 12.8. The molecule has 2 aromatic heterocycles. The molecule has 0 aliphatic heterocycles. The third-order valence-corrected chi connectivity index (χ3v) is 9.69. The monoisotopic (exact) mass is 651 g/mol. The van der Waals surface area contributed by atoms with E-state index < -0.39 is 0 Å². The summed E-state index contributed by atoms with van der Waals surface area (Å²) in [5.74, 6) is 1.82. The number of furan rings is 1. The summed E-state index contributed by atoms with van der Waals surface area (Å²) in [5, 5.41) is 6.73. The van der Waals surface area contributed by atoms with Crippen molar-refractivity contribution in [2.24, 2.45) is 0 Å². The summed E-state index contributed by atoms with van der Waals surface area (Å²) >= 11 is 0. The number of hydrogen-bond donors (Lipinski definition) is 0. The van der Waals surface area contributed by atoms with Crippen LogP contribution in [0, 0.1) is 0 Å². The highest BCUT2D eigenvalue weighted by Gasteiger charge is 2.20. The molecule has 0 spiro atoms. The van der Waals surface area contributed by atoms with Crippen molar-refractivity contribution >= 4 is 43.5 Å². The third kappa shape index (κ3) is 5.13. The Labute approximate surface area is 294 Å². The first-order valence-electron chi connectivity index (χ1n) is 17.1. The van der Waals surface area contributed by atoms with Crippen molar-refractivity contribution in [2.75, 3.05) is 0 Å². The number of benzene rings is 8. The van der Waals surface area contributed by atoms with Gasteiger partial charge in [0.15, 0.2) is 17.5 Å². The van der Waals surface area contributed by atoms with Gasteiger partial charge in [0, 0.05) is 33.0 Å². The van der Waals surface area contributed by atoms with Crippen LogP contribution in [0.15, 0.2) is 180 Å². The molecule has 0 amide bonds. The molecule has 0 fully saturated rings. The van der Waals surface area contributed by atoms with Gasteiger partial charge in [-0.15, -0.1) is 0 Å². The maximum Gasteiger partial charge on any atom is 0.164 e. The third-order valence-electron chi connectivity index (χ3n) is 9.69. The molecular formula is C47H29N3O. The Kier molecular flexibility index (Phi) is 6.78. The molecule has 2 heterocycles. The minimum atomic E-state index is 0.595. The molecular weight excluding hydrogens is 623 g/mol. The Morgan fingerprint density at radius 1 is 0.333 bits per heavy atom. The first-order valence-corrected chi connectivity index (χ1v) is 17.1. The van der Waals surface area contributed by atoms with Crippen molar-refractivity contribution < 1.29 is 4.42 Å². The van der Waals surface area contributed by atoms with Crippen LogP contribution in [-0.4, -0.2) is 15.0 Å². The van der Waals surface area contributed by atoms with Crippen molar-refractivity contribution in [2.45, 2.75) is 0 Å². The molecule has 8 aromatic carbocycles. The summed E-state index contributed by atoms with van der Waals surface area (Å²) in [4.78, 5) is 15.5. The number of para-hydroxylation sites is 1. The van der Waals surface area contributed by atoms with Crippen LogP contribution in [0.3, 0.4) is 0 Å². The summed E-state index contributed by atoms with van der Waals surface area (Å²) in [6.45, 7) is 0. The van der Waals surface area contributed by atoms with Gasteiger partial charge in [-0.3, -0.25) is 0 Å². The van der Waals surface area contributed by atoms with Gasteiger partial charge in [0.05, 0.1) is 0 Å². The molecule has 238 valence electrons. The van der Waals surface area contributed by atoms with Crippen molar-refractivity contribution in [1.82, 2.24) is 15.0 Å². The van der Waals surface area contributed by atoms with Crippen molar-refractivity contribution in [1.29, 1.82) is 0 Å². The molecule has 0 bridgehead atoms. The fourth-order valence-corrected chi connectivity index (χ4v) is 7.17. The first kappa shape index (κ1) is 29.0. The zero-order chi connectivity index (χ0) is 33.7. The highest BCUT2D eigenvalue weighted by molar-refractivity contribution is 6.15. The normalized spacial score (nSPS) is 11.5. The van der Waals surface area contributed by atoms with E-state index in [2.05, 4.69) is 158 Å². The van der Waals surface area contributed by atoms with Crippen LogP contribution in [0.5, 0.6) is 0 Å². The molecule has 4 nitrogen and oxygen atoms in total. The summed E-state index contributed by atoms with van der Waals surface area (Å²) in [6.07, 6.45) is 0. The minimum absolute atomic E-state index is 0.595. The van der Waals surface area contributed by atoms with Crippen LogP contribution in [0.25, 0.3) is 99.9 Å². The molecule has 0 unspecified atom stereocenters. The molecule has 10 rings (SSSR count). The van der Waals surface area contributed by atoms with Crippen LogP contribution in [-0.2, 0) is 0 Å². The lowest BCUT2D eigenvalue weighted by atomic mass is 9.99. The second-order valence-electron chi connectivity index (χ2n) is 12.8. The van der Waals surface area contributed by atoms with E-state index in [4.69, 9.17) is 19.4 Å². The van der Waals surface area contributed by atoms with Gasteiger partial charge in [-0.05, 0) is 62.5 Å². The summed E-state index contributed by atoms with van der Waals surface area (Å²) in [6, 6.07) is 61.1. The van der Waals surface area contributed by atoms with E-state index in [0.717, 1.165) is 66.3 Å². The van der Waals surface area contributed by atoms with E-state index >= 15 is 0 Å². The zero-order valence-electron chi connectivity index (χ0n) is 27.5. The van der Waals surface area contributed by atoms with Gasteiger partial charge in [-0.25, -0.2) is 15.0 Å². The Morgan fingerprint density at radius 3 is 1.63 bits per heavy atom. The molecule has 10 aromatic rings. The Bertz CT molecular complexity index is 2930. The molecule has 0 aliphatic rings. The van der Waals surface area contributed by atoms with Crippen LogP contribution in [0.4, 0.5) is 0 Å². The van der Waals surface area contributed by atoms with Gasteiger partial charge in [0.1, 0.15) is 11.2 Å². The van der Waals surface area contributed by atoms with Crippen molar-refractivity contribution in [3.63, 3.8) is 0 Å². The predicted molar refractivity (Wildman–Crippen MR) is 209 cm³/mol. The van der Waals surface area contributed by atoms with E-state index in [1.54, 1.807) is 0 Å². The second kappa shape index (κ2) is 11.9. The lowest BCUT2D eigenvalue weighted by Crippen LogP contribution is -2.00. The standard InChI is InChI=1S/C47H29N3O/c1-2-13-32(14-3-1)39-19-9-20-40-43-41(21-10-22-42(43)51-44(39)40)47-49-45(48-46(50-47)38-26-24-31-12-5-7-16-34(31)28-38)37-18-8-17-35(29-37)36-25-23-30-11-4-6-15-33(30)27-36/h1-29H. The molecule has 0 aliphatic carbocycles. The van der Waals surface area contributed by atoms with E-state index in [1.165, 1.54) is 16.2 Å². The molecule has 0 radical (unpaired) electrons. The van der Waals surface area contributed by atoms with Crippen LogP contribution in [0.2, 0.25) is 0 Å². The van der Waals surface area contributed by atoms with Gasteiger partial charge < -0.3 is 4.42 Å².